The van der Waals surface area contributed by atoms with Crippen LogP contribution in [-0.2, 0) is 9.59 Å². The van der Waals surface area contributed by atoms with Crippen molar-refractivity contribution in [3.8, 4) is 0 Å². The number of amides is 3. The zero-order valence-corrected chi connectivity index (χ0v) is 21.5. The molecular formula is C25H29ClN4O3S. The third-order valence-corrected chi connectivity index (χ3v) is 7.00. The Labute approximate surface area is 209 Å². The number of nitrogens with zero attached hydrogens (tertiary/aromatic N) is 4. The molecule has 2 aromatic carbocycles. The molecule has 0 saturated carbocycles. The van der Waals surface area contributed by atoms with Crippen LogP contribution in [0.1, 0.15) is 40.7 Å². The number of carbonyl (C=O) groups excluding carboxylic acids is 3. The lowest BCUT2D eigenvalue weighted by atomic mass is 10.1. The minimum atomic E-state index is -0.204. The summed E-state index contributed by atoms with van der Waals surface area (Å²) in [4.78, 5) is 47.5. The van der Waals surface area contributed by atoms with Crippen molar-refractivity contribution in [3.63, 3.8) is 0 Å². The molecule has 34 heavy (non-hydrogen) atoms. The van der Waals surface area contributed by atoms with E-state index in [-0.39, 0.29) is 43.0 Å². The second-order valence-corrected chi connectivity index (χ2v) is 9.64. The third kappa shape index (κ3) is 5.14. The number of halogens is 1. The summed E-state index contributed by atoms with van der Waals surface area (Å²) in [7, 11) is 4.02. The van der Waals surface area contributed by atoms with Crippen LogP contribution >= 0.6 is 23.7 Å². The minimum absolute atomic E-state index is 0. The van der Waals surface area contributed by atoms with Crippen molar-refractivity contribution in [1.82, 2.24) is 9.88 Å². The summed E-state index contributed by atoms with van der Waals surface area (Å²) in [6, 6.07) is 10.8. The number of imide groups is 1. The van der Waals surface area contributed by atoms with Crippen LogP contribution in [0.25, 0.3) is 10.2 Å². The van der Waals surface area contributed by atoms with Gasteiger partial charge in [-0.1, -0.05) is 17.4 Å². The van der Waals surface area contributed by atoms with Gasteiger partial charge < -0.3 is 4.90 Å². The second kappa shape index (κ2) is 10.6. The monoisotopic (exact) mass is 500 g/mol. The van der Waals surface area contributed by atoms with E-state index in [0.717, 1.165) is 28.7 Å². The van der Waals surface area contributed by atoms with E-state index in [2.05, 4.69) is 30.9 Å². The van der Waals surface area contributed by atoms with Crippen LogP contribution in [-0.4, -0.2) is 54.8 Å². The van der Waals surface area contributed by atoms with E-state index in [1.807, 2.05) is 14.1 Å². The molecule has 9 heteroatoms. The molecule has 4 rings (SSSR count). The standard InChI is InChI=1S/C25H28N4O3S.ClH/c1-16-6-11-20-23(17(16)2)26-25(33-20)28(15-5-14-27(3)4)24(32)18-7-9-19(10-8-18)29-21(30)12-13-22(29)31;/h6-11H,5,12-15H2,1-4H3;1H. The molecule has 3 aromatic rings. The van der Waals surface area contributed by atoms with Crippen molar-refractivity contribution in [2.45, 2.75) is 33.1 Å². The molecule has 0 atom stereocenters. The molecule has 0 unspecified atom stereocenters. The molecule has 0 aliphatic carbocycles. The quantitative estimate of drug-likeness (QED) is 0.444. The molecule has 1 aliphatic rings. The maximum atomic E-state index is 13.5. The van der Waals surface area contributed by atoms with Gasteiger partial charge in [-0.15, -0.1) is 12.4 Å². The van der Waals surface area contributed by atoms with E-state index in [9.17, 15) is 14.4 Å². The predicted molar refractivity (Wildman–Crippen MR) is 139 cm³/mol. The largest absolute Gasteiger partial charge is 0.309 e. The maximum absolute atomic E-state index is 13.5. The van der Waals surface area contributed by atoms with Crippen LogP contribution in [0.3, 0.4) is 0 Å². The van der Waals surface area contributed by atoms with Crippen LogP contribution in [0, 0.1) is 13.8 Å². The topological polar surface area (TPSA) is 73.8 Å². The Kier molecular flexibility index (Phi) is 8.07. The Balaban J connectivity index is 0.00000324. The fraction of sp³-hybridized carbons (Fsp3) is 0.360. The molecule has 2 heterocycles. The van der Waals surface area contributed by atoms with Gasteiger partial charge in [-0.25, -0.2) is 4.98 Å². The molecule has 0 bridgehead atoms. The van der Waals surface area contributed by atoms with Gasteiger partial charge in [-0.3, -0.25) is 24.2 Å². The second-order valence-electron chi connectivity index (χ2n) is 8.63. The van der Waals surface area contributed by atoms with E-state index in [4.69, 9.17) is 4.98 Å². The van der Waals surface area contributed by atoms with Gasteiger partial charge in [0.05, 0.1) is 15.9 Å². The van der Waals surface area contributed by atoms with Crippen molar-refractivity contribution in [2.75, 3.05) is 37.0 Å². The van der Waals surface area contributed by atoms with Gasteiger partial charge in [0.25, 0.3) is 5.91 Å². The van der Waals surface area contributed by atoms with Crippen LogP contribution in [0.4, 0.5) is 10.8 Å². The number of hydrogen-bond acceptors (Lipinski definition) is 6. The molecule has 3 amide bonds. The Morgan fingerprint density at radius 3 is 2.26 bits per heavy atom. The third-order valence-electron chi connectivity index (χ3n) is 5.96. The molecular weight excluding hydrogens is 472 g/mol. The SMILES string of the molecule is Cc1ccc2sc(N(CCCN(C)C)C(=O)c3ccc(N4C(=O)CCC4=O)cc3)nc2c1C.Cl. The molecule has 1 aliphatic heterocycles. The highest BCUT2D eigenvalue weighted by molar-refractivity contribution is 7.22. The first kappa shape index (κ1) is 25.8. The summed E-state index contributed by atoms with van der Waals surface area (Å²) in [5.74, 6) is -0.554. The Bertz CT molecular complexity index is 1210. The highest BCUT2D eigenvalue weighted by Gasteiger charge is 2.30. The van der Waals surface area contributed by atoms with E-state index < -0.39 is 0 Å². The van der Waals surface area contributed by atoms with E-state index in [1.165, 1.54) is 21.8 Å². The lowest BCUT2D eigenvalue weighted by Gasteiger charge is -2.21. The number of aryl methyl sites for hydroxylation is 2. The zero-order chi connectivity index (χ0) is 23.7. The van der Waals surface area contributed by atoms with Crippen LogP contribution in [0.5, 0.6) is 0 Å². The first-order valence-electron chi connectivity index (χ1n) is 11.1. The summed E-state index contributed by atoms with van der Waals surface area (Å²) < 4.78 is 1.06. The number of aromatic nitrogens is 1. The van der Waals surface area contributed by atoms with Crippen molar-refractivity contribution in [1.29, 1.82) is 0 Å². The number of thiazole rings is 1. The summed E-state index contributed by atoms with van der Waals surface area (Å²) in [6.45, 7) is 5.51. The van der Waals surface area contributed by atoms with Crippen molar-refractivity contribution < 1.29 is 14.4 Å². The number of anilines is 2. The van der Waals surface area contributed by atoms with Gasteiger partial charge in [0.15, 0.2) is 5.13 Å². The lowest BCUT2D eigenvalue weighted by Crippen LogP contribution is -2.33. The van der Waals surface area contributed by atoms with Gasteiger partial charge in [0.2, 0.25) is 11.8 Å². The zero-order valence-electron chi connectivity index (χ0n) is 19.8. The van der Waals surface area contributed by atoms with Gasteiger partial charge in [-0.2, -0.15) is 0 Å². The molecule has 7 nitrogen and oxygen atoms in total. The molecule has 0 radical (unpaired) electrons. The van der Waals surface area contributed by atoms with Gasteiger partial charge in [0.1, 0.15) is 0 Å². The van der Waals surface area contributed by atoms with Crippen LogP contribution in [0.2, 0.25) is 0 Å². The number of hydrogen-bond donors (Lipinski definition) is 0. The fourth-order valence-corrected chi connectivity index (χ4v) is 4.98. The lowest BCUT2D eigenvalue weighted by molar-refractivity contribution is -0.121. The molecule has 180 valence electrons. The highest BCUT2D eigenvalue weighted by atomic mass is 35.5. The normalized spacial score (nSPS) is 13.6. The Morgan fingerprint density at radius 1 is 1.00 bits per heavy atom. The van der Waals surface area contributed by atoms with E-state index in [1.54, 1.807) is 29.2 Å². The van der Waals surface area contributed by atoms with Gasteiger partial charge in [0, 0.05) is 24.9 Å². The van der Waals surface area contributed by atoms with E-state index >= 15 is 0 Å². The van der Waals surface area contributed by atoms with E-state index in [0.29, 0.717) is 22.9 Å². The maximum Gasteiger partial charge on any atom is 0.260 e. The average molecular weight is 501 g/mol. The van der Waals surface area contributed by atoms with Crippen molar-refractivity contribution >= 4 is 62.5 Å². The fourth-order valence-electron chi connectivity index (χ4n) is 3.93. The summed E-state index contributed by atoms with van der Waals surface area (Å²) >= 11 is 1.52. The highest BCUT2D eigenvalue weighted by Crippen LogP contribution is 2.33. The molecule has 0 N–H and O–H groups in total. The van der Waals surface area contributed by atoms with Gasteiger partial charge in [-0.05, 0) is 82.4 Å². The van der Waals surface area contributed by atoms with Crippen LogP contribution in [0.15, 0.2) is 36.4 Å². The minimum Gasteiger partial charge on any atom is -0.309 e. The van der Waals surface area contributed by atoms with Crippen molar-refractivity contribution in [2.24, 2.45) is 0 Å². The number of fused-ring (bicyclic) bond motifs is 1. The molecule has 1 saturated heterocycles. The number of benzene rings is 2. The van der Waals surface area contributed by atoms with Crippen LogP contribution < -0.4 is 9.80 Å². The smallest absolute Gasteiger partial charge is 0.260 e. The predicted octanol–water partition coefficient (Wildman–Crippen LogP) is 4.59. The summed E-state index contributed by atoms with van der Waals surface area (Å²) in [5, 5.41) is 0.677. The summed E-state index contributed by atoms with van der Waals surface area (Å²) in [5.41, 5.74) is 4.23. The first-order chi connectivity index (χ1) is 15.8. The summed E-state index contributed by atoms with van der Waals surface area (Å²) in [6.07, 6.45) is 1.27. The van der Waals surface area contributed by atoms with Crippen molar-refractivity contribution in [3.05, 3.63) is 53.1 Å². The molecule has 0 spiro atoms. The number of rotatable bonds is 7. The Hall–Kier alpha value is -2.81. The first-order valence-corrected chi connectivity index (χ1v) is 11.9. The average Bonchev–Trinajstić information content (AvgIpc) is 3.37. The number of carbonyl (C=O) groups is 3. The molecule has 1 fully saturated rings. The molecule has 1 aromatic heterocycles. The van der Waals surface area contributed by atoms with Gasteiger partial charge >= 0.3 is 0 Å². The Morgan fingerprint density at radius 2 is 1.65 bits per heavy atom.